The molecule has 1 amide bonds. The second kappa shape index (κ2) is 8.25. The van der Waals surface area contributed by atoms with Gasteiger partial charge in [0.05, 0.1) is 26.4 Å². The van der Waals surface area contributed by atoms with Crippen LogP contribution < -0.4 is 15.2 Å². The maximum Gasteiger partial charge on any atom is 0.223 e. The molecule has 7 heteroatoms. The lowest BCUT2D eigenvalue weighted by atomic mass is 9.79. The van der Waals surface area contributed by atoms with Crippen molar-refractivity contribution in [3.63, 3.8) is 0 Å². The monoisotopic (exact) mass is 370 g/mol. The molecule has 2 aliphatic heterocycles. The zero-order chi connectivity index (χ0) is 17.2. The third-order valence-electron chi connectivity index (χ3n) is 5.13. The molecule has 3 rings (SSSR count). The van der Waals surface area contributed by atoms with Gasteiger partial charge in [-0.15, -0.1) is 12.4 Å². The molecule has 25 heavy (non-hydrogen) atoms. The van der Waals surface area contributed by atoms with E-state index in [0.29, 0.717) is 32.7 Å². The molecule has 6 nitrogen and oxygen atoms in total. The smallest absolute Gasteiger partial charge is 0.223 e. The van der Waals surface area contributed by atoms with Crippen molar-refractivity contribution in [2.75, 3.05) is 40.5 Å². The number of hydrogen-bond donors (Lipinski definition) is 1. The van der Waals surface area contributed by atoms with Gasteiger partial charge < -0.3 is 24.8 Å². The second-order valence-electron chi connectivity index (χ2n) is 6.38. The summed E-state index contributed by atoms with van der Waals surface area (Å²) in [6.07, 6.45) is 2.88. The normalized spacial score (nSPS) is 18.3. The van der Waals surface area contributed by atoms with E-state index < -0.39 is 0 Å². The minimum atomic E-state index is -0.327. The summed E-state index contributed by atoms with van der Waals surface area (Å²) in [5.41, 5.74) is 7.60. The Hall–Kier alpha value is -1.50. The molecular weight excluding hydrogens is 344 g/mol. The number of methoxy groups -OCH3 is 2. The van der Waals surface area contributed by atoms with Crippen LogP contribution in [-0.4, -0.2) is 51.3 Å². The number of likely N-dealkylation sites (tertiary alicyclic amines) is 1. The predicted octanol–water partition coefficient (Wildman–Crippen LogP) is 1.86. The van der Waals surface area contributed by atoms with Gasteiger partial charge in [-0.05, 0) is 42.5 Å². The SMILES string of the molecule is COc1cc2c(cc1OC)C1(CCN(C(=O)CCN)CC1)OCC2.Cl. The molecule has 2 N–H and O–H groups in total. The number of carbonyl (C=O) groups excluding carboxylic acids is 1. The van der Waals surface area contributed by atoms with Crippen LogP contribution in [-0.2, 0) is 21.6 Å². The van der Waals surface area contributed by atoms with Crippen molar-refractivity contribution < 1.29 is 19.0 Å². The van der Waals surface area contributed by atoms with Gasteiger partial charge in [0.2, 0.25) is 5.91 Å². The van der Waals surface area contributed by atoms with Gasteiger partial charge in [-0.25, -0.2) is 0 Å². The molecule has 0 aliphatic carbocycles. The van der Waals surface area contributed by atoms with Crippen molar-refractivity contribution >= 4 is 18.3 Å². The standard InChI is InChI=1S/C18H26N2O4.ClH/c1-22-15-11-13-4-10-24-18(14(13)12-16(15)23-2)5-8-20(9-6-18)17(21)3-7-19;/h11-12H,3-10,19H2,1-2H3;1H. The predicted molar refractivity (Wildman–Crippen MR) is 97.6 cm³/mol. The van der Waals surface area contributed by atoms with Crippen molar-refractivity contribution in [3.05, 3.63) is 23.3 Å². The molecule has 0 radical (unpaired) electrons. The summed E-state index contributed by atoms with van der Waals surface area (Å²) < 4.78 is 17.1. The van der Waals surface area contributed by atoms with Gasteiger partial charge in [-0.1, -0.05) is 0 Å². The maximum absolute atomic E-state index is 12.1. The summed E-state index contributed by atoms with van der Waals surface area (Å²) in [5, 5.41) is 0. The van der Waals surface area contributed by atoms with Crippen molar-refractivity contribution in [2.45, 2.75) is 31.3 Å². The van der Waals surface area contributed by atoms with Gasteiger partial charge in [-0.3, -0.25) is 4.79 Å². The van der Waals surface area contributed by atoms with Crippen LogP contribution in [0.1, 0.15) is 30.4 Å². The average Bonchev–Trinajstić information content (AvgIpc) is 2.62. The highest BCUT2D eigenvalue weighted by molar-refractivity contribution is 5.85. The number of carbonyl (C=O) groups is 1. The van der Waals surface area contributed by atoms with E-state index in [2.05, 4.69) is 6.07 Å². The Kier molecular flexibility index (Phi) is 6.54. The fourth-order valence-corrected chi connectivity index (χ4v) is 3.80. The lowest BCUT2D eigenvalue weighted by molar-refractivity contribution is -0.140. The molecule has 140 valence electrons. The van der Waals surface area contributed by atoms with Crippen LogP contribution in [0.25, 0.3) is 0 Å². The quantitative estimate of drug-likeness (QED) is 0.875. The number of amides is 1. The van der Waals surface area contributed by atoms with Crippen molar-refractivity contribution in [2.24, 2.45) is 5.73 Å². The van der Waals surface area contributed by atoms with E-state index >= 15 is 0 Å². The Morgan fingerprint density at radius 1 is 1.24 bits per heavy atom. The summed E-state index contributed by atoms with van der Waals surface area (Å²) in [6, 6.07) is 4.11. The third kappa shape index (κ3) is 3.71. The van der Waals surface area contributed by atoms with Crippen LogP contribution in [0.5, 0.6) is 11.5 Å². The molecular formula is C18H27ClN2O4. The van der Waals surface area contributed by atoms with E-state index in [1.807, 2.05) is 11.0 Å². The fraction of sp³-hybridized carbons (Fsp3) is 0.611. The number of benzene rings is 1. The van der Waals surface area contributed by atoms with E-state index in [1.54, 1.807) is 14.2 Å². The van der Waals surface area contributed by atoms with Crippen LogP contribution in [0.4, 0.5) is 0 Å². The maximum atomic E-state index is 12.1. The highest BCUT2D eigenvalue weighted by Gasteiger charge is 2.42. The summed E-state index contributed by atoms with van der Waals surface area (Å²) in [6.45, 7) is 2.50. The summed E-state index contributed by atoms with van der Waals surface area (Å²) in [5.74, 6) is 1.61. The molecule has 2 heterocycles. The number of ether oxygens (including phenoxy) is 3. The first kappa shape index (κ1) is 19.8. The van der Waals surface area contributed by atoms with Gasteiger partial charge >= 0.3 is 0 Å². The molecule has 0 unspecified atom stereocenters. The number of rotatable bonds is 4. The van der Waals surface area contributed by atoms with E-state index in [0.717, 1.165) is 30.8 Å². The lowest BCUT2D eigenvalue weighted by Gasteiger charge is -2.45. The first-order chi connectivity index (χ1) is 11.6. The third-order valence-corrected chi connectivity index (χ3v) is 5.13. The number of nitrogens with zero attached hydrogens (tertiary/aromatic N) is 1. The molecule has 1 spiro atoms. The number of fused-ring (bicyclic) bond motifs is 2. The molecule has 2 aliphatic rings. The highest BCUT2D eigenvalue weighted by Crippen LogP contribution is 2.45. The van der Waals surface area contributed by atoms with Gasteiger partial charge in [0.1, 0.15) is 0 Å². The van der Waals surface area contributed by atoms with Crippen molar-refractivity contribution in [1.29, 1.82) is 0 Å². The van der Waals surface area contributed by atoms with Crippen molar-refractivity contribution in [1.82, 2.24) is 4.90 Å². The molecule has 0 atom stereocenters. The van der Waals surface area contributed by atoms with E-state index in [4.69, 9.17) is 19.9 Å². The topological polar surface area (TPSA) is 74.0 Å². The van der Waals surface area contributed by atoms with E-state index in [1.165, 1.54) is 11.1 Å². The van der Waals surface area contributed by atoms with Crippen LogP contribution in [0.2, 0.25) is 0 Å². The van der Waals surface area contributed by atoms with Gasteiger partial charge in [-0.2, -0.15) is 0 Å². The lowest BCUT2D eigenvalue weighted by Crippen LogP contribution is -2.48. The number of halogens is 1. The molecule has 0 bridgehead atoms. The molecule has 0 saturated carbocycles. The van der Waals surface area contributed by atoms with Gasteiger partial charge in [0.15, 0.2) is 11.5 Å². The number of nitrogens with two attached hydrogens (primary N) is 1. The Bertz CT molecular complexity index is 615. The molecule has 1 saturated heterocycles. The molecule has 1 fully saturated rings. The molecule has 1 aromatic carbocycles. The number of hydrogen-bond acceptors (Lipinski definition) is 5. The number of piperidine rings is 1. The Morgan fingerprint density at radius 3 is 2.48 bits per heavy atom. The van der Waals surface area contributed by atoms with Crippen LogP contribution in [0, 0.1) is 0 Å². The second-order valence-corrected chi connectivity index (χ2v) is 6.38. The largest absolute Gasteiger partial charge is 0.493 e. The van der Waals surface area contributed by atoms with E-state index in [9.17, 15) is 4.79 Å². The zero-order valence-electron chi connectivity index (χ0n) is 14.9. The average molecular weight is 371 g/mol. The molecule has 0 aromatic heterocycles. The summed E-state index contributed by atoms with van der Waals surface area (Å²) >= 11 is 0. The van der Waals surface area contributed by atoms with Gasteiger partial charge in [0, 0.05) is 26.1 Å². The first-order valence-electron chi connectivity index (χ1n) is 8.50. The Morgan fingerprint density at radius 2 is 1.88 bits per heavy atom. The molecule has 1 aromatic rings. The summed E-state index contributed by atoms with van der Waals surface area (Å²) in [4.78, 5) is 14.0. The summed E-state index contributed by atoms with van der Waals surface area (Å²) in [7, 11) is 3.30. The van der Waals surface area contributed by atoms with Crippen LogP contribution in [0.15, 0.2) is 12.1 Å². The fourth-order valence-electron chi connectivity index (χ4n) is 3.80. The van der Waals surface area contributed by atoms with Crippen molar-refractivity contribution in [3.8, 4) is 11.5 Å². The van der Waals surface area contributed by atoms with Crippen LogP contribution in [0.3, 0.4) is 0 Å². The Labute approximate surface area is 155 Å². The van der Waals surface area contributed by atoms with E-state index in [-0.39, 0.29) is 23.9 Å². The highest BCUT2D eigenvalue weighted by atomic mass is 35.5. The minimum Gasteiger partial charge on any atom is -0.493 e. The van der Waals surface area contributed by atoms with Crippen LogP contribution >= 0.6 is 12.4 Å². The van der Waals surface area contributed by atoms with Gasteiger partial charge in [0.25, 0.3) is 0 Å². The first-order valence-corrected chi connectivity index (χ1v) is 8.50. The zero-order valence-corrected chi connectivity index (χ0v) is 15.7. The Balaban J connectivity index is 0.00000225. The minimum absolute atomic E-state index is 0.